The summed E-state index contributed by atoms with van der Waals surface area (Å²) >= 11 is 0. The van der Waals surface area contributed by atoms with Gasteiger partial charge in [0, 0.05) is 34.9 Å². The van der Waals surface area contributed by atoms with Gasteiger partial charge in [0.15, 0.2) is 0 Å². The molecule has 9 rings (SSSR count). The van der Waals surface area contributed by atoms with Crippen molar-refractivity contribution in [2.75, 3.05) is 30.3 Å². The topological polar surface area (TPSA) is 167 Å². The normalized spacial score (nSPS) is 14.5. The van der Waals surface area contributed by atoms with Crippen LogP contribution >= 0.6 is 0 Å². The first-order chi connectivity index (χ1) is 26.4. The van der Waals surface area contributed by atoms with Gasteiger partial charge in [-0.2, -0.15) is 5.11 Å². The second-order valence-electron chi connectivity index (χ2n) is 13.4. The van der Waals surface area contributed by atoms with Crippen LogP contribution in [0.1, 0.15) is 17.2 Å². The van der Waals surface area contributed by atoms with Crippen molar-refractivity contribution in [1.29, 1.82) is 0 Å². The molecule has 264 valence electrons. The number of rotatable bonds is 9. The van der Waals surface area contributed by atoms with Gasteiger partial charge in [-0.05, 0) is 62.1 Å². The second-order valence-corrected chi connectivity index (χ2v) is 13.4. The Labute approximate surface area is 309 Å². The molecule has 1 unspecified atom stereocenters. The Morgan fingerprint density at radius 1 is 0.722 bits per heavy atom. The van der Waals surface area contributed by atoms with E-state index in [0.29, 0.717) is 29.1 Å². The minimum atomic E-state index is -0.298. The number of hydrogen-bond donors (Lipinski definition) is 4. The van der Waals surface area contributed by atoms with Crippen molar-refractivity contribution in [2.45, 2.75) is 6.04 Å². The fourth-order valence-electron chi connectivity index (χ4n) is 7.45. The van der Waals surface area contributed by atoms with Crippen LogP contribution in [0.4, 0.5) is 11.4 Å². The fraction of sp³-hybridized carbons (Fsp3) is 0.0952. The number of para-hydroxylation sites is 2. The van der Waals surface area contributed by atoms with E-state index in [1.165, 1.54) is 5.01 Å². The summed E-state index contributed by atoms with van der Waals surface area (Å²) in [5, 5.41) is 26.1. The van der Waals surface area contributed by atoms with E-state index in [-0.39, 0.29) is 30.9 Å². The van der Waals surface area contributed by atoms with Gasteiger partial charge in [0.1, 0.15) is 19.1 Å². The number of anilines is 2. The predicted molar refractivity (Wildman–Crippen MR) is 213 cm³/mol. The van der Waals surface area contributed by atoms with Crippen LogP contribution in [0.3, 0.4) is 0 Å². The van der Waals surface area contributed by atoms with Crippen LogP contribution in [-0.2, 0) is 9.59 Å². The number of carbonyl (C=O) groups is 2. The monoisotopic (exact) mass is 710 g/mol. The molecule has 0 saturated carbocycles. The average molecular weight is 711 g/mol. The molecule has 0 fully saturated rings. The molecule has 0 saturated heterocycles. The standard InChI is InChI=1S/C42H34N10O2/c43-33(21-51(44)23-37(53)47-34-9-1-5-27-7-3-19-45-41(27)34)29-15-13-25-11-12-26-14-16-30(32-18-17-31(29)39(25)40(26)32)36-22-52(50-49-36)24-38(54)48-35-10-2-6-28-8-4-20-46-42(28)35/h1-21,36H,22-24,43-44H2,(H,47,53)(H,48,54)/b33-21-. The van der Waals surface area contributed by atoms with Crippen molar-refractivity contribution >= 4 is 83.0 Å². The molecule has 2 aromatic heterocycles. The zero-order valence-electron chi connectivity index (χ0n) is 29.0. The second kappa shape index (κ2) is 13.4. The maximum atomic E-state index is 13.1. The van der Waals surface area contributed by atoms with Crippen LogP contribution < -0.4 is 22.2 Å². The number of aromatic nitrogens is 2. The van der Waals surface area contributed by atoms with Gasteiger partial charge in [0.25, 0.3) is 0 Å². The number of carbonyl (C=O) groups excluding carboxylic acids is 2. The van der Waals surface area contributed by atoms with Crippen LogP contribution in [0.25, 0.3) is 59.8 Å². The van der Waals surface area contributed by atoms with Gasteiger partial charge in [-0.15, -0.1) is 0 Å². The Morgan fingerprint density at radius 2 is 1.31 bits per heavy atom. The first-order valence-corrected chi connectivity index (χ1v) is 17.5. The molecule has 12 nitrogen and oxygen atoms in total. The van der Waals surface area contributed by atoms with Gasteiger partial charge in [-0.1, -0.05) is 90.2 Å². The molecule has 1 aliphatic rings. The largest absolute Gasteiger partial charge is 0.397 e. The predicted octanol–water partition coefficient (Wildman–Crippen LogP) is 7.11. The van der Waals surface area contributed by atoms with Crippen molar-refractivity contribution in [2.24, 2.45) is 21.9 Å². The van der Waals surface area contributed by atoms with Crippen molar-refractivity contribution in [3.05, 3.63) is 139 Å². The maximum absolute atomic E-state index is 13.1. The fourth-order valence-corrected chi connectivity index (χ4v) is 7.45. The average Bonchev–Trinajstić information content (AvgIpc) is 3.64. The highest BCUT2D eigenvalue weighted by Crippen LogP contribution is 2.41. The first-order valence-electron chi connectivity index (χ1n) is 17.5. The summed E-state index contributed by atoms with van der Waals surface area (Å²) < 4.78 is 0. The van der Waals surface area contributed by atoms with Gasteiger partial charge in [0.2, 0.25) is 11.8 Å². The lowest BCUT2D eigenvalue weighted by Gasteiger charge is -2.19. The lowest BCUT2D eigenvalue weighted by atomic mass is 9.88. The van der Waals surface area contributed by atoms with E-state index in [4.69, 9.17) is 11.6 Å². The molecule has 54 heavy (non-hydrogen) atoms. The molecule has 0 aliphatic carbocycles. The van der Waals surface area contributed by atoms with Crippen molar-refractivity contribution in [1.82, 2.24) is 20.0 Å². The van der Waals surface area contributed by atoms with E-state index in [0.717, 1.165) is 59.7 Å². The Balaban J connectivity index is 0.942. The van der Waals surface area contributed by atoms with Gasteiger partial charge in [-0.3, -0.25) is 24.6 Å². The molecule has 0 bridgehead atoms. The van der Waals surface area contributed by atoms with Gasteiger partial charge in [-0.25, -0.2) is 5.84 Å². The summed E-state index contributed by atoms with van der Waals surface area (Å²) in [7, 11) is 0. The van der Waals surface area contributed by atoms with Crippen LogP contribution in [0, 0.1) is 0 Å². The molecule has 12 heteroatoms. The number of hydrogen-bond acceptors (Lipinski definition) is 10. The number of fused-ring (bicyclic) bond motifs is 2. The Kier molecular flexibility index (Phi) is 8.13. The number of nitrogens with two attached hydrogens (primary N) is 2. The van der Waals surface area contributed by atoms with Gasteiger partial charge in [0.05, 0.1) is 34.6 Å². The molecule has 0 spiro atoms. The molecule has 1 aliphatic heterocycles. The molecule has 3 heterocycles. The lowest BCUT2D eigenvalue weighted by Crippen LogP contribution is -2.35. The smallest absolute Gasteiger partial charge is 0.245 e. The highest BCUT2D eigenvalue weighted by Gasteiger charge is 2.26. The van der Waals surface area contributed by atoms with E-state index in [1.54, 1.807) is 23.6 Å². The zero-order valence-corrected chi connectivity index (χ0v) is 29.0. The number of amides is 2. The van der Waals surface area contributed by atoms with Gasteiger partial charge < -0.3 is 21.4 Å². The highest BCUT2D eigenvalue weighted by molar-refractivity contribution is 6.25. The molecular formula is C42H34N10O2. The number of hydrazine groups is 1. The molecule has 6 aromatic carbocycles. The summed E-state index contributed by atoms with van der Waals surface area (Å²) in [5.74, 6) is 5.82. The van der Waals surface area contributed by atoms with E-state index in [2.05, 4.69) is 67.3 Å². The number of benzene rings is 6. The van der Waals surface area contributed by atoms with E-state index in [1.807, 2.05) is 72.8 Å². The van der Waals surface area contributed by atoms with E-state index in [9.17, 15) is 9.59 Å². The van der Waals surface area contributed by atoms with Crippen LogP contribution in [0.2, 0.25) is 0 Å². The zero-order chi connectivity index (χ0) is 36.8. The summed E-state index contributed by atoms with van der Waals surface area (Å²) in [6.45, 7) is 0.404. The van der Waals surface area contributed by atoms with E-state index >= 15 is 0 Å². The summed E-state index contributed by atoms with van der Waals surface area (Å²) in [6.07, 6.45) is 4.99. The summed E-state index contributed by atoms with van der Waals surface area (Å²) in [4.78, 5) is 34.9. The quantitative estimate of drug-likeness (QED) is 0.0698. The van der Waals surface area contributed by atoms with Crippen molar-refractivity contribution in [3.63, 3.8) is 0 Å². The molecule has 1 atom stereocenters. The van der Waals surface area contributed by atoms with Crippen LogP contribution in [-0.4, -0.2) is 51.4 Å². The summed E-state index contributed by atoms with van der Waals surface area (Å²) in [6, 6.07) is 35.3. The highest BCUT2D eigenvalue weighted by atomic mass is 16.2. The summed E-state index contributed by atoms with van der Waals surface area (Å²) in [5.41, 5.74) is 11.6. The van der Waals surface area contributed by atoms with Crippen LogP contribution in [0.5, 0.6) is 0 Å². The molecule has 8 aromatic rings. The molecular weight excluding hydrogens is 677 g/mol. The third-order valence-electron chi connectivity index (χ3n) is 9.84. The SMILES string of the molecule is N/C(=C\N(N)CC(=O)Nc1cccc2cccnc12)c1ccc2ccc3ccc(C4CN(CC(=O)Nc5cccc6cccnc56)N=N4)c4ccc1c2c34. The molecule has 2 amide bonds. The minimum absolute atomic E-state index is 0.0597. The first kappa shape index (κ1) is 32.7. The third-order valence-corrected chi connectivity index (χ3v) is 9.84. The maximum Gasteiger partial charge on any atom is 0.245 e. The molecule has 6 N–H and O–H groups in total. The number of pyridine rings is 2. The van der Waals surface area contributed by atoms with Crippen LogP contribution in [0.15, 0.2) is 138 Å². The van der Waals surface area contributed by atoms with Crippen molar-refractivity contribution < 1.29 is 9.59 Å². The van der Waals surface area contributed by atoms with Crippen molar-refractivity contribution in [3.8, 4) is 0 Å². The number of nitrogens with one attached hydrogen (secondary N) is 2. The van der Waals surface area contributed by atoms with Gasteiger partial charge >= 0.3 is 0 Å². The third kappa shape index (κ3) is 5.99. The van der Waals surface area contributed by atoms with E-state index < -0.39 is 0 Å². The number of nitrogens with zero attached hydrogens (tertiary/aromatic N) is 6. The molecule has 0 radical (unpaired) electrons. The minimum Gasteiger partial charge on any atom is -0.397 e. The Morgan fingerprint density at radius 3 is 2.02 bits per heavy atom. The Hall–Kier alpha value is -7.18. The lowest BCUT2D eigenvalue weighted by molar-refractivity contribution is -0.117. The Bertz CT molecular complexity index is 2810.